The van der Waals surface area contributed by atoms with Crippen LogP contribution in [0.5, 0.6) is 11.5 Å². The summed E-state index contributed by atoms with van der Waals surface area (Å²) in [6, 6.07) is 56.8. The highest BCUT2D eigenvalue weighted by atomic mass is 16.5. The van der Waals surface area contributed by atoms with E-state index >= 15 is 0 Å². The minimum atomic E-state index is -0.575. The van der Waals surface area contributed by atoms with Crippen LogP contribution in [0.2, 0.25) is 0 Å². The fraction of sp³-hybridized carbons (Fsp3) is 0.0704. The molecule has 0 spiro atoms. The van der Waals surface area contributed by atoms with Gasteiger partial charge in [0.15, 0.2) is 0 Å². The molecular formula is C71H53N5O. The highest BCUT2D eigenvalue weighted by Gasteiger charge is 2.22. The van der Waals surface area contributed by atoms with Crippen molar-refractivity contribution in [3.8, 4) is 67.8 Å². The van der Waals surface area contributed by atoms with E-state index in [2.05, 4.69) is 120 Å². The molecule has 6 heteroatoms. The minimum Gasteiger partial charge on any atom is -0.458 e. The van der Waals surface area contributed by atoms with Gasteiger partial charge in [-0.25, -0.2) is 4.98 Å². The van der Waals surface area contributed by atoms with Crippen LogP contribution in [0.25, 0.3) is 111 Å². The number of nitrogens with zero attached hydrogens (tertiary/aromatic N) is 5. The molecule has 0 fully saturated rings. The van der Waals surface area contributed by atoms with Crippen LogP contribution in [-0.2, 0) is 0 Å². The second-order valence-corrected chi connectivity index (χ2v) is 19.2. The van der Waals surface area contributed by atoms with Gasteiger partial charge in [-0.2, -0.15) is 0 Å². The monoisotopic (exact) mass is 1000 g/mol. The Morgan fingerprint density at radius 2 is 1.12 bits per heavy atom. The predicted molar refractivity (Wildman–Crippen MR) is 316 cm³/mol. The highest BCUT2D eigenvalue weighted by molar-refractivity contribution is 6.12. The van der Waals surface area contributed by atoms with Crippen molar-refractivity contribution in [1.29, 1.82) is 0 Å². The molecule has 0 aliphatic rings. The lowest BCUT2D eigenvalue weighted by Crippen LogP contribution is -2.31. The summed E-state index contributed by atoms with van der Waals surface area (Å²) in [5.74, 6) is 2.23. The molecule has 6 nitrogen and oxygen atoms in total. The second kappa shape index (κ2) is 19.2. The SMILES string of the molecule is [2H]c1c([2H])c([2H])c(-c2cccc(-c3c([2H])c([2H])c([2H])c([2H])c3[2H])c2-[n+]2[c-]n(-c3cccc(Oc4ccc5c6cc(-n7c8ccccc8c8ccccc87)ccc6n(-c6cc(C(CC)CC)ccn6)c5c4)c3)c3ccc(-c4ccccc4)cc32)c([2H])c1[2H]. The molecule has 14 rings (SSSR count). The Morgan fingerprint density at radius 3 is 1.83 bits per heavy atom. The molecule has 0 amide bonds. The zero-order valence-electron chi connectivity index (χ0n) is 52.1. The van der Waals surface area contributed by atoms with E-state index in [9.17, 15) is 5.48 Å². The molecule has 0 N–H and O–H groups in total. The van der Waals surface area contributed by atoms with Crippen LogP contribution in [0.4, 0.5) is 0 Å². The average Bonchev–Trinajstić information content (AvgIpc) is 1.77. The Morgan fingerprint density at radius 1 is 0.481 bits per heavy atom. The van der Waals surface area contributed by atoms with E-state index in [4.69, 9.17) is 17.9 Å². The van der Waals surface area contributed by atoms with E-state index in [0.717, 1.165) is 68.3 Å². The van der Waals surface area contributed by atoms with Gasteiger partial charge in [-0.05, 0) is 137 Å². The lowest BCUT2D eigenvalue weighted by Gasteiger charge is -2.17. The Kier molecular flexibility index (Phi) is 9.02. The van der Waals surface area contributed by atoms with Crippen molar-refractivity contribution in [3.63, 3.8) is 0 Å². The van der Waals surface area contributed by atoms with E-state index < -0.39 is 60.4 Å². The zero-order chi connectivity index (χ0) is 60.1. The summed E-state index contributed by atoms with van der Waals surface area (Å²) in [4.78, 5) is 5.02. The fourth-order valence-corrected chi connectivity index (χ4v) is 11.3. The molecular weight excluding hydrogens is 939 g/mol. The van der Waals surface area contributed by atoms with Gasteiger partial charge in [0.2, 0.25) is 0 Å². The third-order valence-electron chi connectivity index (χ3n) is 14.9. The van der Waals surface area contributed by atoms with Gasteiger partial charge < -0.3 is 9.30 Å². The second-order valence-electron chi connectivity index (χ2n) is 19.2. The van der Waals surface area contributed by atoms with Crippen molar-refractivity contribution in [2.45, 2.75) is 32.6 Å². The summed E-state index contributed by atoms with van der Waals surface area (Å²) in [6.45, 7) is 4.44. The number of benzene rings is 10. The van der Waals surface area contributed by atoms with Gasteiger partial charge in [0.05, 0.1) is 58.2 Å². The summed E-state index contributed by atoms with van der Waals surface area (Å²) in [7, 11) is 0. The summed E-state index contributed by atoms with van der Waals surface area (Å²) < 4.78 is 104. The molecule has 10 aromatic carbocycles. The van der Waals surface area contributed by atoms with Gasteiger partial charge in [0.25, 0.3) is 6.33 Å². The Labute approximate surface area is 461 Å². The van der Waals surface area contributed by atoms with Gasteiger partial charge in [0, 0.05) is 39.5 Å². The lowest BCUT2D eigenvalue weighted by molar-refractivity contribution is -0.571. The van der Waals surface area contributed by atoms with E-state index in [-0.39, 0.29) is 27.9 Å². The number of imidazole rings is 1. The number of rotatable bonds is 12. The number of fused-ring (bicyclic) bond motifs is 7. The Bertz CT molecular complexity index is 4950. The van der Waals surface area contributed by atoms with Gasteiger partial charge in [-0.1, -0.05) is 177 Å². The van der Waals surface area contributed by atoms with Crippen LogP contribution < -0.4 is 9.30 Å². The molecule has 4 heterocycles. The van der Waals surface area contributed by atoms with Gasteiger partial charge >= 0.3 is 0 Å². The minimum absolute atomic E-state index is 0.143. The number of para-hydroxylation sites is 3. The van der Waals surface area contributed by atoms with Gasteiger partial charge in [-0.3, -0.25) is 13.7 Å². The maximum absolute atomic E-state index is 9.23. The van der Waals surface area contributed by atoms with Crippen LogP contribution in [0.1, 0.15) is 51.9 Å². The first kappa shape index (κ1) is 36.2. The van der Waals surface area contributed by atoms with Crippen molar-refractivity contribution in [3.05, 3.63) is 267 Å². The zero-order valence-corrected chi connectivity index (χ0v) is 42.1. The number of pyridine rings is 1. The summed E-state index contributed by atoms with van der Waals surface area (Å²) >= 11 is 0. The first-order valence-corrected chi connectivity index (χ1v) is 25.9. The molecule has 0 saturated heterocycles. The quantitative estimate of drug-likeness (QED) is 0.0904. The average molecular weight is 1000 g/mol. The van der Waals surface area contributed by atoms with E-state index in [1.54, 1.807) is 22.8 Å². The van der Waals surface area contributed by atoms with Gasteiger partial charge in [-0.15, -0.1) is 0 Å². The first-order chi connectivity index (χ1) is 42.2. The Hall–Kier alpha value is -9.78. The smallest absolute Gasteiger partial charge is 0.269 e. The molecule has 0 unspecified atom stereocenters. The number of aromatic nitrogens is 5. The fourth-order valence-electron chi connectivity index (χ4n) is 11.3. The Balaban J connectivity index is 0.953. The maximum Gasteiger partial charge on any atom is 0.269 e. The van der Waals surface area contributed by atoms with Crippen molar-refractivity contribution in [1.82, 2.24) is 18.7 Å². The van der Waals surface area contributed by atoms with Crippen LogP contribution in [0.3, 0.4) is 0 Å². The molecule has 77 heavy (non-hydrogen) atoms. The third kappa shape index (κ3) is 7.96. The molecule has 0 radical (unpaired) electrons. The molecule has 368 valence electrons. The van der Waals surface area contributed by atoms with Gasteiger partial charge in [0.1, 0.15) is 17.3 Å². The molecule has 0 aliphatic heterocycles. The van der Waals surface area contributed by atoms with Crippen LogP contribution in [-0.4, -0.2) is 18.7 Å². The van der Waals surface area contributed by atoms with E-state index in [1.165, 1.54) is 16.3 Å². The molecule has 14 aromatic rings. The summed E-state index contributed by atoms with van der Waals surface area (Å²) in [5, 5.41) is 4.43. The van der Waals surface area contributed by atoms with Crippen molar-refractivity contribution < 1.29 is 23.0 Å². The van der Waals surface area contributed by atoms with E-state index in [1.807, 2.05) is 89.6 Å². The number of hydrogen-bond acceptors (Lipinski definition) is 2. The van der Waals surface area contributed by atoms with Crippen LogP contribution >= 0.6 is 0 Å². The van der Waals surface area contributed by atoms with Crippen LogP contribution in [0, 0.1) is 6.33 Å². The number of ether oxygens (including phenoxy) is 1. The third-order valence-corrected chi connectivity index (χ3v) is 14.9. The maximum atomic E-state index is 9.23. The van der Waals surface area contributed by atoms with E-state index in [0.29, 0.717) is 34.1 Å². The molecule has 0 bridgehead atoms. The molecule has 0 atom stereocenters. The lowest BCUT2D eigenvalue weighted by atomic mass is 9.95. The molecule has 0 aliphatic carbocycles. The molecule has 0 saturated carbocycles. The summed E-state index contributed by atoms with van der Waals surface area (Å²) in [6.07, 6.45) is 7.44. The largest absolute Gasteiger partial charge is 0.458 e. The predicted octanol–water partition coefficient (Wildman–Crippen LogP) is 18.0. The highest BCUT2D eigenvalue weighted by Crippen LogP contribution is 2.40. The standard InChI is InChI=1S/C71H53N5O/c1-3-48(4-2)53-40-41-72-70(43-53)76-66-39-35-55(75-64-32-16-14-28-60(64)61-29-15-17-33-65(61)75)45-63(66)62-37-36-57(46-68(62)76)77-56-27-18-26-54(44-56)73-47-74(69-42-52(34-38-67(69)73)49-20-8-5-9-21-49)71-58(50-22-10-6-11-23-50)30-19-31-59(71)51-24-12-7-13-25-51/h5-46,48H,3-4H2,1-2H3/i6D,7D,10D,11D,12D,13D,22D,23D,24D,25D. The first-order valence-electron chi connectivity index (χ1n) is 30.9. The number of hydrogen-bond donors (Lipinski definition) is 0. The van der Waals surface area contributed by atoms with Crippen molar-refractivity contribution >= 4 is 54.6 Å². The van der Waals surface area contributed by atoms with Crippen molar-refractivity contribution in [2.75, 3.05) is 0 Å². The van der Waals surface area contributed by atoms with Crippen LogP contribution in [0.15, 0.2) is 255 Å². The molecule has 4 aromatic heterocycles. The topological polar surface area (TPSA) is 40.8 Å². The van der Waals surface area contributed by atoms with Crippen molar-refractivity contribution in [2.24, 2.45) is 0 Å². The normalized spacial score (nSPS) is 13.5. The summed E-state index contributed by atoms with van der Waals surface area (Å²) in [5.41, 5.74) is 10.1.